The minimum Gasteiger partial charge on any atom is -0.444 e. The van der Waals surface area contributed by atoms with E-state index in [9.17, 15) is 4.79 Å². The predicted octanol–water partition coefficient (Wildman–Crippen LogP) is 3.16. The third-order valence-electron chi connectivity index (χ3n) is 3.13. The maximum Gasteiger partial charge on any atom is 0.407 e. The number of nitrogens with zero attached hydrogens (tertiary/aromatic N) is 3. The summed E-state index contributed by atoms with van der Waals surface area (Å²) in [6.45, 7) is 8.17. The maximum atomic E-state index is 11.7. The fourth-order valence-electron chi connectivity index (χ4n) is 2.13. The number of ether oxygens (including phenoxy) is 2. The van der Waals surface area contributed by atoms with Gasteiger partial charge in [0, 0.05) is 11.5 Å². The van der Waals surface area contributed by atoms with Crippen molar-refractivity contribution in [1.82, 2.24) is 20.3 Å². The fourth-order valence-corrected chi connectivity index (χ4v) is 2.71. The lowest BCUT2D eigenvalue weighted by Gasteiger charge is -2.22. The van der Waals surface area contributed by atoms with Gasteiger partial charge in [-0.15, -0.1) is 5.10 Å². The van der Waals surface area contributed by atoms with Gasteiger partial charge in [0.2, 0.25) is 0 Å². The highest BCUT2D eigenvalue weighted by Gasteiger charge is 2.17. The summed E-state index contributed by atoms with van der Waals surface area (Å²) in [6, 6.07) is 3.81. The molecule has 1 aromatic heterocycles. The zero-order valence-electron chi connectivity index (χ0n) is 14.6. The van der Waals surface area contributed by atoms with E-state index < -0.39 is 11.7 Å². The predicted molar refractivity (Wildman–Crippen MR) is 94.7 cm³/mol. The van der Waals surface area contributed by atoms with Crippen molar-refractivity contribution >= 4 is 33.1 Å². The molecule has 2 rings (SSSR count). The van der Waals surface area contributed by atoms with Gasteiger partial charge in [-0.3, -0.25) is 0 Å². The number of hydrogen-bond donors (Lipinski definition) is 1. The van der Waals surface area contributed by atoms with Crippen molar-refractivity contribution in [3.05, 3.63) is 22.2 Å². The van der Waals surface area contributed by atoms with Gasteiger partial charge in [-0.05, 0) is 61.3 Å². The minimum atomic E-state index is -0.510. The number of rotatable bonds is 5. The standard InChI is InChI=1S/C16H23BrN4O3/c1-10(18-15(22)24-16(2,3)4)8-23-9-11-6-12(17)14-13(7-11)21(5)20-19-14/h6-7,10H,8-9H2,1-5H3,(H,18,22)/t10-/m1/s1. The molecule has 0 saturated heterocycles. The van der Waals surface area contributed by atoms with Gasteiger partial charge in [0.15, 0.2) is 0 Å². The first-order valence-electron chi connectivity index (χ1n) is 7.71. The summed E-state index contributed by atoms with van der Waals surface area (Å²) in [5.41, 5.74) is 2.25. The second-order valence-electron chi connectivity index (χ2n) is 6.72. The average molecular weight is 399 g/mol. The van der Waals surface area contributed by atoms with E-state index in [1.165, 1.54) is 0 Å². The highest BCUT2D eigenvalue weighted by Crippen LogP contribution is 2.23. The number of carbonyl (C=O) groups excluding carboxylic acids is 1. The van der Waals surface area contributed by atoms with Crippen molar-refractivity contribution in [2.24, 2.45) is 7.05 Å². The number of carbonyl (C=O) groups is 1. The van der Waals surface area contributed by atoms with Crippen LogP contribution in [0.25, 0.3) is 11.0 Å². The normalized spacial score (nSPS) is 13.1. The second-order valence-corrected chi connectivity index (χ2v) is 7.58. The van der Waals surface area contributed by atoms with Crippen LogP contribution in [0.3, 0.4) is 0 Å². The Morgan fingerprint density at radius 1 is 1.42 bits per heavy atom. The Morgan fingerprint density at radius 2 is 2.12 bits per heavy atom. The smallest absolute Gasteiger partial charge is 0.407 e. The molecular formula is C16H23BrN4O3. The summed E-state index contributed by atoms with van der Waals surface area (Å²) in [7, 11) is 1.85. The zero-order valence-corrected chi connectivity index (χ0v) is 16.2. The summed E-state index contributed by atoms with van der Waals surface area (Å²) >= 11 is 3.50. The molecule has 0 unspecified atom stereocenters. The third kappa shape index (κ3) is 5.17. The summed E-state index contributed by atoms with van der Waals surface area (Å²) in [4.78, 5) is 11.7. The van der Waals surface area contributed by atoms with Crippen LogP contribution in [0.2, 0.25) is 0 Å². The molecule has 0 fully saturated rings. The van der Waals surface area contributed by atoms with E-state index in [2.05, 4.69) is 31.6 Å². The van der Waals surface area contributed by atoms with Crippen LogP contribution in [0.4, 0.5) is 4.79 Å². The number of hydrogen-bond acceptors (Lipinski definition) is 5. The van der Waals surface area contributed by atoms with E-state index in [-0.39, 0.29) is 6.04 Å². The van der Waals surface area contributed by atoms with Gasteiger partial charge in [0.1, 0.15) is 11.1 Å². The van der Waals surface area contributed by atoms with E-state index in [1.54, 1.807) is 4.68 Å². The third-order valence-corrected chi connectivity index (χ3v) is 3.73. The molecule has 0 aliphatic carbocycles. The number of nitrogens with one attached hydrogen (secondary N) is 1. The highest BCUT2D eigenvalue weighted by atomic mass is 79.9. The molecule has 0 aliphatic rings. The average Bonchev–Trinajstić information content (AvgIpc) is 2.79. The van der Waals surface area contributed by atoms with E-state index in [0.717, 1.165) is 21.1 Å². The minimum absolute atomic E-state index is 0.148. The number of aromatic nitrogens is 3. The Labute approximate surface area is 149 Å². The molecule has 0 radical (unpaired) electrons. The molecule has 7 nitrogen and oxygen atoms in total. The lowest BCUT2D eigenvalue weighted by molar-refractivity contribution is 0.0442. The van der Waals surface area contributed by atoms with Crippen LogP contribution < -0.4 is 5.32 Å². The topological polar surface area (TPSA) is 78.3 Å². The van der Waals surface area contributed by atoms with E-state index >= 15 is 0 Å². The Kier molecular flexibility index (Phi) is 5.82. The molecule has 0 aliphatic heterocycles. The van der Waals surface area contributed by atoms with Gasteiger partial charge in [0.25, 0.3) is 0 Å². The molecule has 1 amide bonds. The number of fused-ring (bicyclic) bond motifs is 1. The largest absolute Gasteiger partial charge is 0.444 e. The number of aryl methyl sites for hydroxylation is 1. The van der Waals surface area contributed by atoms with Crippen LogP contribution in [-0.2, 0) is 23.1 Å². The van der Waals surface area contributed by atoms with Crippen LogP contribution in [0, 0.1) is 0 Å². The summed E-state index contributed by atoms with van der Waals surface area (Å²) < 4.78 is 13.5. The Hall–Kier alpha value is -1.67. The van der Waals surface area contributed by atoms with Crippen molar-refractivity contribution in [1.29, 1.82) is 0 Å². The van der Waals surface area contributed by atoms with Crippen LogP contribution >= 0.6 is 15.9 Å². The van der Waals surface area contributed by atoms with Crippen molar-refractivity contribution in [2.45, 2.75) is 45.9 Å². The van der Waals surface area contributed by atoms with Crippen molar-refractivity contribution in [3.8, 4) is 0 Å². The maximum absolute atomic E-state index is 11.7. The lowest BCUT2D eigenvalue weighted by atomic mass is 10.2. The highest BCUT2D eigenvalue weighted by molar-refractivity contribution is 9.10. The first-order chi connectivity index (χ1) is 11.2. The van der Waals surface area contributed by atoms with Gasteiger partial charge in [0.05, 0.1) is 24.8 Å². The first-order valence-corrected chi connectivity index (χ1v) is 8.50. The summed E-state index contributed by atoms with van der Waals surface area (Å²) in [5.74, 6) is 0. The summed E-state index contributed by atoms with van der Waals surface area (Å²) in [6.07, 6.45) is -0.441. The fraction of sp³-hybridized carbons (Fsp3) is 0.562. The van der Waals surface area contributed by atoms with Crippen LogP contribution in [-0.4, -0.2) is 39.3 Å². The molecule has 1 atom stereocenters. The Bertz CT molecular complexity index is 724. The molecular weight excluding hydrogens is 376 g/mol. The molecule has 24 heavy (non-hydrogen) atoms. The molecule has 0 spiro atoms. The van der Waals surface area contributed by atoms with Gasteiger partial charge in [-0.1, -0.05) is 5.21 Å². The molecule has 2 aromatic rings. The monoisotopic (exact) mass is 398 g/mol. The first kappa shape index (κ1) is 18.7. The van der Waals surface area contributed by atoms with Gasteiger partial charge < -0.3 is 14.8 Å². The zero-order chi connectivity index (χ0) is 17.9. The van der Waals surface area contributed by atoms with E-state index in [1.807, 2.05) is 46.9 Å². The van der Waals surface area contributed by atoms with Gasteiger partial charge >= 0.3 is 6.09 Å². The molecule has 0 bridgehead atoms. The Morgan fingerprint density at radius 3 is 2.79 bits per heavy atom. The summed E-state index contributed by atoms with van der Waals surface area (Å²) in [5, 5.41) is 10.8. The van der Waals surface area contributed by atoms with Crippen molar-refractivity contribution in [3.63, 3.8) is 0 Å². The van der Waals surface area contributed by atoms with Crippen LogP contribution in [0.1, 0.15) is 33.3 Å². The number of benzene rings is 1. The van der Waals surface area contributed by atoms with Crippen molar-refractivity contribution < 1.29 is 14.3 Å². The number of amides is 1. The Balaban J connectivity index is 1.85. The second kappa shape index (κ2) is 7.48. The van der Waals surface area contributed by atoms with Crippen molar-refractivity contribution in [2.75, 3.05) is 6.61 Å². The quantitative estimate of drug-likeness (QED) is 0.836. The van der Waals surface area contributed by atoms with Gasteiger partial charge in [-0.25, -0.2) is 9.48 Å². The molecule has 1 N–H and O–H groups in total. The van der Waals surface area contributed by atoms with E-state index in [0.29, 0.717) is 13.2 Å². The molecule has 1 aromatic carbocycles. The molecule has 132 valence electrons. The number of halogens is 1. The van der Waals surface area contributed by atoms with Gasteiger partial charge in [-0.2, -0.15) is 0 Å². The SMILES string of the molecule is C[C@H](COCc1cc(Br)c2nnn(C)c2c1)NC(=O)OC(C)(C)C. The molecule has 8 heteroatoms. The van der Waals surface area contributed by atoms with Crippen LogP contribution in [0.15, 0.2) is 16.6 Å². The number of alkyl carbamates (subject to hydrolysis) is 1. The van der Waals surface area contributed by atoms with Crippen LogP contribution in [0.5, 0.6) is 0 Å². The van der Waals surface area contributed by atoms with E-state index in [4.69, 9.17) is 9.47 Å². The molecule has 0 saturated carbocycles. The molecule has 1 heterocycles. The lowest BCUT2D eigenvalue weighted by Crippen LogP contribution is -2.39.